The maximum absolute atomic E-state index is 11.7. The molecule has 0 aromatic carbocycles. The zero-order chi connectivity index (χ0) is 14.5. The van der Waals surface area contributed by atoms with Crippen LogP contribution in [-0.4, -0.2) is 41.4 Å². The number of nitrogens with one attached hydrogen (secondary N) is 1. The van der Waals surface area contributed by atoms with Gasteiger partial charge in [0.25, 0.3) is 0 Å². The molecule has 1 aromatic heterocycles. The Hall–Kier alpha value is -1.49. The van der Waals surface area contributed by atoms with Crippen molar-refractivity contribution in [3.05, 3.63) is 23.3 Å². The van der Waals surface area contributed by atoms with Crippen molar-refractivity contribution >= 4 is 5.91 Å². The van der Waals surface area contributed by atoms with Gasteiger partial charge in [0.1, 0.15) is 5.82 Å². The standard InChI is InChI=1S/C15H24N4O/c1-11-17-12(7-8-15(20)19(2)3)10-14(18-11)13-6-4-5-9-16-13/h10,13,16H,4-9H2,1-3H3. The number of hydrogen-bond acceptors (Lipinski definition) is 4. The maximum Gasteiger partial charge on any atom is 0.222 e. The molecule has 0 saturated carbocycles. The van der Waals surface area contributed by atoms with E-state index >= 15 is 0 Å². The summed E-state index contributed by atoms with van der Waals surface area (Å²) in [6.45, 7) is 2.98. The van der Waals surface area contributed by atoms with Crippen molar-refractivity contribution in [1.29, 1.82) is 0 Å². The third kappa shape index (κ3) is 4.00. The Labute approximate surface area is 120 Å². The molecule has 0 radical (unpaired) electrons. The quantitative estimate of drug-likeness (QED) is 0.908. The minimum Gasteiger partial charge on any atom is -0.349 e. The third-order valence-electron chi connectivity index (χ3n) is 3.67. The first-order chi connectivity index (χ1) is 9.56. The van der Waals surface area contributed by atoms with Crippen molar-refractivity contribution in [3.63, 3.8) is 0 Å². The predicted molar refractivity (Wildman–Crippen MR) is 78.4 cm³/mol. The van der Waals surface area contributed by atoms with Crippen LogP contribution in [0.2, 0.25) is 0 Å². The normalized spacial score (nSPS) is 18.9. The van der Waals surface area contributed by atoms with Crippen molar-refractivity contribution < 1.29 is 4.79 Å². The summed E-state index contributed by atoms with van der Waals surface area (Å²) in [5.41, 5.74) is 2.04. The molecule has 1 unspecified atom stereocenters. The summed E-state index contributed by atoms with van der Waals surface area (Å²) in [7, 11) is 3.57. The van der Waals surface area contributed by atoms with E-state index in [1.165, 1.54) is 12.8 Å². The molecule has 20 heavy (non-hydrogen) atoms. The highest BCUT2D eigenvalue weighted by atomic mass is 16.2. The SMILES string of the molecule is Cc1nc(CCC(=O)N(C)C)cc(C2CCCCN2)n1. The number of carbonyl (C=O) groups excluding carboxylic acids is 1. The van der Waals surface area contributed by atoms with Crippen LogP contribution in [0.25, 0.3) is 0 Å². The first-order valence-electron chi connectivity index (χ1n) is 7.34. The number of piperidine rings is 1. The van der Waals surface area contributed by atoms with Gasteiger partial charge < -0.3 is 10.2 Å². The molecule has 1 saturated heterocycles. The van der Waals surface area contributed by atoms with Gasteiger partial charge in [-0.25, -0.2) is 9.97 Å². The zero-order valence-corrected chi connectivity index (χ0v) is 12.6. The van der Waals surface area contributed by atoms with Crippen LogP contribution in [0.5, 0.6) is 0 Å². The molecule has 5 nitrogen and oxygen atoms in total. The molecule has 0 spiro atoms. The largest absolute Gasteiger partial charge is 0.349 e. The highest BCUT2D eigenvalue weighted by Gasteiger charge is 2.17. The second-order valence-electron chi connectivity index (χ2n) is 5.62. The second-order valence-corrected chi connectivity index (χ2v) is 5.62. The number of nitrogens with zero attached hydrogens (tertiary/aromatic N) is 3. The average molecular weight is 276 g/mol. The van der Waals surface area contributed by atoms with Gasteiger partial charge >= 0.3 is 0 Å². The monoisotopic (exact) mass is 276 g/mol. The Morgan fingerprint density at radius 2 is 2.20 bits per heavy atom. The van der Waals surface area contributed by atoms with Gasteiger partial charge in [-0.1, -0.05) is 6.42 Å². The predicted octanol–water partition coefficient (Wildman–Crippen LogP) is 1.62. The van der Waals surface area contributed by atoms with Crippen LogP contribution in [0, 0.1) is 6.92 Å². The van der Waals surface area contributed by atoms with Crippen molar-refractivity contribution in [2.24, 2.45) is 0 Å². The lowest BCUT2D eigenvalue weighted by Crippen LogP contribution is -2.28. The summed E-state index contributed by atoms with van der Waals surface area (Å²) in [5.74, 6) is 0.931. The summed E-state index contributed by atoms with van der Waals surface area (Å²) in [6.07, 6.45) is 4.80. The van der Waals surface area contributed by atoms with E-state index in [0.29, 0.717) is 18.9 Å². The number of aromatic nitrogens is 2. The second kappa shape index (κ2) is 6.79. The Morgan fingerprint density at radius 1 is 1.40 bits per heavy atom. The number of aryl methyl sites for hydroxylation is 2. The van der Waals surface area contributed by atoms with Gasteiger partial charge in [0.05, 0.1) is 5.69 Å². The van der Waals surface area contributed by atoms with Gasteiger partial charge in [0.15, 0.2) is 0 Å². The molecule has 1 fully saturated rings. The molecule has 2 heterocycles. The van der Waals surface area contributed by atoms with Crippen LogP contribution in [0.1, 0.15) is 48.9 Å². The fourth-order valence-corrected chi connectivity index (χ4v) is 2.52. The molecule has 1 aromatic rings. The molecule has 0 bridgehead atoms. The van der Waals surface area contributed by atoms with Crippen LogP contribution in [0.15, 0.2) is 6.07 Å². The smallest absolute Gasteiger partial charge is 0.222 e. The molecule has 1 amide bonds. The van der Waals surface area contributed by atoms with Crippen LogP contribution < -0.4 is 5.32 Å². The number of rotatable bonds is 4. The summed E-state index contributed by atoms with van der Waals surface area (Å²) >= 11 is 0. The molecule has 1 atom stereocenters. The molecular weight excluding hydrogens is 252 g/mol. The van der Waals surface area contributed by atoms with E-state index in [1.54, 1.807) is 19.0 Å². The van der Waals surface area contributed by atoms with E-state index < -0.39 is 0 Å². The Morgan fingerprint density at radius 3 is 2.85 bits per heavy atom. The van der Waals surface area contributed by atoms with Gasteiger partial charge in [-0.2, -0.15) is 0 Å². The lowest BCUT2D eigenvalue weighted by Gasteiger charge is -2.23. The van der Waals surface area contributed by atoms with E-state index in [-0.39, 0.29) is 5.91 Å². The summed E-state index contributed by atoms with van der Waals surface area (Å²) in [6, 6.07) is 2.40. The average Bonchev–Trinajstić information content (AvgIpc) is 2.45. The van der Waals surface area contributed by atoms with Crippen molar-refractivity contribution in [1.82, 2.24) is 20.2 Å². The number of carbonyl (C=O) groups is 1. The van der Waals surface area contributed by atoms with Gasteiger partial charge in [0, 0.05) is 32.3 Å². The molecule has 110 valence electrons. The molecule has 0 aliphatic carbocycles. The Kier molecular flexibility index (Phi) is 5.06. The van der Waals surface area contributed by atoms with Crippen LogP contribution >= 0.6 is 0 Å². The van der Waals surface area contributed by atoms with E-state index in [0.717, 1.165) is 30.2 Å². The van der Waals surface area contributed by atoms with Crippen molar-refractivity contribution in [2.75, 3.05) is 20.6 Å². The highest BCUT2D eigenvalue weighted by Crippen LogP contribution is 2.22. The Bertz CT molecular complexity index is 467. The third-order valence-corrected chi connectivity index (χ3v) is 3.67. The fourth-order valence-electron chi connectivity index (χ4n) is 2.52. The van der Waals surface area contributed by atoms with E-state index in [4.69, 9.17) is 0 Å². The molecule has 1 N–H and O–H groups in total. The van der Waals surface area contributed by atoms with E-state index in [1.807, 2.05) is 6.92 Å². The minimum absolute atomic E-state index is 0.138. The van der Waals surface area contributed by atoms with Crippen LogP contribution in [0.4, 0.5) is 0 Å². The highest BCUT2D eigenvalue weighted by molar-refractivity contribution is 5.75. The first kappa shape index (κ1) is 14.9. The van der Waals surface area contributed by atoms with E-state index in [2.05, 4.69) is 21.4 Å². The lowest BCUT2D eigenvalue weighted by atomic mass is 10.0. The molecule has 2 rings (SSSR count). The van der Waals surface area contributed by atoms with Gasteiger partial charge in [-0.15, -0.1) is 0 Å². The number of amides is 1. The van der Waals surface area contributed by atoms with Gasteiger partial charge in [0.2, 0.25) is 5.91 Å². The molecule has 1 aliphatic heterocycles. The van der Waals surface area contributed by atoms with Gasteiger partial charge in [-0.3, -0.25) is 4.79 Å². The fraction of sp³-hybridized carbons (Fsp3) is 0.667. The summed E-state index contributed by atoms with van der Waals surface area (Å²) < 4.78 is 0. The maximum atomic E-state index is 11.7. The molecule has 1 aliphatic rings. The van der Waals surface area contributed by atoms with Crippen molar-refractivity contribution in [3.8, 4) is 0 Å². The summed E-state index contributed by atoms with van der Waals surface area (Å²) in [4.78, 5) is 22.3. The topological polar surface area (TPSA) is 58.1 Å². The molecular formula is C15H24N4O. The lowest BCUT2D eigenvalue weighted by molar-refractivity contribution is -0.128. The number of hydrogen-bond donors (Lipinski definition) is 1. The van der Waals surface area contributed by atoms with Crippen LogP contribution in [0.3, 0.4) is 0 Å². The van der Waals surface area contributed by atoms with Gasteiger partial charge in [-0.05, 0) is 38.8 Å². The van der Waals surface area contributed by atoms with Crippen molar-refractivity contribution in [2.45, 2.75) is 45.1 Å². The van der Waals surface area contributed by atoms with E-state index in [9.17, 15) is 4.79 Å². The minimum atomic E-state index is 0.138. The first-order valence-corrected chi connectivity index (χ1v) is 7.34. The summed E-state index contributed by atoms with van der Waals surface area (Å²) in [5, 5.41) is 3.51. The Balaban J connectivity index is 2.06. The zero-order valence-electron chi connectivity index (χ0n) is 12.6. The molecule has 5 heteroatoms. The van der Waals surface area contributed by atoms with Crippen LogP contribution in [-0.2, 0) is 11.2 Å².